The maximum absolute atomic E-state index is 13.9. The van der Waals surface area contributed by atoms with Gasteiger partial charge in [-0.25, -0.2) is 12.8 Å². The van der Waals surface area contributed by atoms with Gasteiger partial charge in [-0.2, -0.15) is 0 Å². The molecule has 3 rings (SSSR count). The lowest BCUT2D eigenvalue weighted by Crippen LogP contribution is -2.17. The molecule has 0 atom stereocenters. The van der Waals surface area contributed by atoms with E-state index in [1.165, 1.54) is 49.6 Å². The minimum atomic E-state index is -3.94. The lowest BCUT2D eigenvalue weighted by molar-refractivity contribution is 0.102. The summed E-state index contributed by atoms with van der Waals surface area (Å²) in [6.45, 7) is 3.71. The zero-order chi connectivity index (χ0) is 21.9. The second kappa shape index (κ2) is 8.54. The average molecular weight is 428 g/mol. The van der Waals surface area contributed by atoms with Gasteiger partial charge in [-0.3, -0.25) is 9.52 Å². The molecule has 0 saturated carbocycles. The molecule has 0 unspecified atom stereocenters. The first kappa shape index (κ1) is 21.3. The van der Waals surface area contributed by atoms with Gasteiger partial charge in [-0.05, 0) is 61.4 Å². The largest absolute Gasteiger partial charge is 0.495 e. The van der Waals surface area contributed by atoms with E-state index in [2.05, 4.69) is 10.0 Å². The standard InChI is InChI=1S/C22H21FN2O4S/c1-14-7-6-10-19(15(14)2)25-30(27,28)16-11-12-21(29-3)20(13-16)24-22(26)17-8-4-5-9-18(17)23/h4-13,25H,1-3H3,(H,24,26). The Balaban J connectivity index is 1.94. The minimum Gasteiger partial charge on any atom is -0.495 e. The Morgan fingerprint density at radius 2 is 1.70 bits per heavy atom. The van der Waals surface area contributed by atoms with Crippen molar-refractivity contribution in [2.45, 2.75) is 18.7 Å². The summed E-state index contributed by atoms with van der Waals surface area (Å²) in [5, 5.41) is 2.52. The van der Waals surface area contributed by atoms with Gasteiger partial charge in [0.25, 0.3) is 15.9 Å². The van der Waals surface area contributed by atoms with E-state index in [1.807, 2.05) is 19.9 Å². The first-order valence-electron chi connectivity index (χ1n) is 9.06. The fourth-order valence-electron chi connectivity index (χ4n) is 2.85. The Kier molecular flexibility index (Phi) is 6.07. The fraction of sp³-hybridized carbons (Fsp3) is 0.136. The highest BCUT2D eigenvalue weighted by molar-refractivity contribution is 7.92. The third-order valence-electron chi connectivity index (χ3n) is 4.70. The van der Waals surface area contributed by atoms with Crippen LogP contribution >= 0.6 is 0 Å². The topological polar surface area (TPSA) is 84.5 Å². The molecule has 0 fully saturated rings. The van der Waals surface area contributed by atoms with Gasteiger partial charge in [0.1, 0.15) is 11.6 Å². The summed E-state index contributed by atoms with van der Waals surface area (Å²) in [6, 6.07) is 14.9. The van der Waals surface area contributed by atoms with E-state index in [0.717, 1.165) is 11.1 Å². The minimum absolute atomic E-state index is 0.0759. The quantitative estimate of drug-likeness (QED) is 0.605. The first-order valence-corrected chi connectivity index (χ1v) is 10.5. The molecule has 0 radical (unpaired) electrons. The second-order valence-electron chi connectivity index (χ2n) is 6.65. The van der Waals surface area contributed by atoms with Crippen LogP contribution in [-0.4, -0.2) is 21.4 Å². The Bertz CT molecular complexity index is 1210. The van der Waals surface area contributed by atoms with Crippen molar-refractivity contribution >= 4 is 27.3 Å². The van der Waals surface area contributed by atoms with Crippen molar-refractivity contribution in [3.05, 3.63) is 83.2 Å². The molecule has 1 amide bonds. The molecule has 3 aromatic rings. The Morgan fingerprint density at radius 3 is 2.40 bits per heavy atom. The SMILES string of the molecule is COc1ccc(S(=O)(=O)Nc2cccc(C)c2C)cc1NC(=O)c1ccccc1F. The number of rotatable bonds is 6. The number of benzene rings is 3. The summed E-state index contributed by atoms with van der Waals surface area (Å²) < 4.78 is 47.5. The summed E-state index contributed by atoms with van der Waals surface area (Å²) in [6.07, 6.45) is 0. The molecule has 6 nitrogen and oxygen atoms in total. The van der Waals surface area contributed by atoms with Crippen LogP contribution in [0.3, 0.4) is 0 Å². The molecule has 2 N–H and O–H groups in total. The maximum Gasteiger partial charge on any atom is 0.261 e. The number of ether oxygens (including phenoxy) is 1. The average Bonchev–Trinajstić information content (AvgIpc) is 2.71. The Labute approximate surface area is 174 Å². The number of nitrogens with one attached hydrogen (secondary N) is 2. The molecule has 156 valence electrons. The van der Waals surface area contributed by atoms with Crippen LogP contribution in [0.25, 0.3) is 0 Å². The van der Waals surface area contributed by atoms with Gasteiger partial charge < -0.3 is 10.1 Å². The van der Waals surface area contributed by atoms with Crippen LogP contribution < -0.4 is 14.8 Å². The first-order chi connectivity index (χ1) is 14.2. The van der Waals surface area contributed by atoms with Gasteiger partial charge in [-0.1, -0.05) is 24.3 Å². The van der Waals surface area contributed by atoms with Crippen molar-refractivity contribution in [2.24, 2.45) is 0 Å². The zero-order valence-electron chi connectivity index (χ0n) is 16.7. The van der Waals surface area contributed by atoms with Gasteiger partial charge >= 0.3 is 0 Å². The van der Waals surface area contributed by atoms with Crippen molar-refractivity contribution in [1.82, 2.24) is 0 Å². The summed E-state index contributed by atoms with van der Waals surface area (Å²) in [4.78, 5) is 12.4. The molecule has 3 aromatic carbocycles. The molecule has 0 aromatic heterocycles. The van der Waals surface area contributed by atoms with E-state index in [-0.39, 0.29) is 21.9 Å². The smallest absolute Gasteiger partial charge is 0.261 e. The molecule has 0 aliphatic heterocycles. The highest BCUT2D eigenvalue weighted by atomic mass is 32.2. The molecule has 0 heterocycles. The van der Waals surface area contributed by atoms with Gasteiger partial charge in [-0.15, -0.1) is 0 Å². The van der Waals surface area contributed by atoms with Gasteiger partial charge in [0, 0.05) is 0 Å². The van der Waals surface area contributed by atoms with Crippen molar-refractivity contribution in [2.75, 3.05) is 17.1 Å². The monoisotopic (exact) mass is 428 g/mol. The van der Waals surface area contributed by atoms with Gasteiger partial charge in [0.15, 0.2) is 0 Å². The molecule has 0 bridgehead atoms. The lowest BCUT2D eigenvalue weighted by atomic mass is 10.1. The number of carbonyl (C=O) groups excluding carboxylic acids is 1. The number of methoxy groups -OCH3 is 1. The van der Waals surface area contributed by atoms with Crippen molar-refractivity contribution in [1.29, 1.82) is 0 Å². The van der Waals surface area contributed by atoms with E-state index in [9.17, 15) is 17.6 Å². The number of hydrogen-bond acceptors (Lipinski definition) is 4. The summed E-state index contributed by atoms with van der Waals surface area (Å²) >= 11 is 0. The van der Waals surface area contributed by atoms with Gasteiger partial charge in [0.2, 0.25) is 0 Å². The number of sulfonamides is 1. The van der Waals surface area contributed by atoms with E-state index < -0.39 is 21.7 Å². The number of carbonyl (C=O) groups is 1. The molecule has 0 spiro atoms. The second-order valence-corrected chi connectivity index (χ2v) is 8.33. The van der Waals surface area contributed by atoms with Crippen molar-refractivity contribution < 1.29 is 22.3 Å². The fourth-order valence-corrected chi connectivity index (χ4v) is 4.00. The lowest BCUT2D eigenvalue weighted by Gasteiger charge is -2.15. The van der Waals surface area contributed by atoms with E-state index in [4.69, 9.17) is 4.74 Å². The van der Waals surface area contributed by atoms with Crippen molar-refractivity contribution in [3.8, 4) is 5.75 Å². The maximum atomic E-state index is 13.9. The zero-order valence-corrected chi connectivity index (χ0v) is 17.5. The number of hydrogen-bond donors (Lipinski definition) is 2. The molecule has 0 aliphatic carbocycles. The number of halogens is 1. The van der Waals surface area contributed by atoms with Gasteiger partial charge in [0.05, 0.1) is 28.9 Å². The van der Waals surface area contributed by atoms with Crippen LogP contribution in [0.4, 0.5) is 15.8 Å². The van der Waals surface area contributed by atoms with Crippen LogP contribution in [0, 0.1) is 19.7 Å². The van der Waals surface area contributed by atoms with Crippen LogP contribution in [0.15, 0.2) is 65.6 Å². The van der Waals surface area contributed by atoms with Crippen LogP contribution in [0.1, 0.15) is 21.5 Å². The predicted molar refractivity (Wildman–Crippen MR) is 114 cm³/mol. The molecular weight excluding hydrogens is 407 g/mol. The highest BCUT2D eigenvalue weighted by Crippen LogP contribution is 2.30. The summed E-state index contributed by atoms with van der Waals surface area (Å²) in [5.74, 6) is -1.16. The van der Waals surface area contributed by atoms with E-state index in [1.54, 1.807) is 12.1 Å². The third-order valence-corrected chi connectivity index (χ3v) is 6.06. The summed E-state index contributed by atoms with van der Waals surface area (Å²) in [5.41, 5.74) is 2.16. The molecule has 0 saturated heterocycles. The molecule has 30 heavy (non-hydrogen) atoms. The number of anilines is 2. The molecule has 8 heteroatoms. The van der Waals surface area contributed by atoms with Crippen LogP contribution in [0.2, 0.25) is 0 Å². The number of aryl methyl sites for hydroxylation is 1. The van der Waals surface area contributed by atoms with Crippen LogP contribution in [0.5, 0.6) is 5.75 Å². The molecular formula is C22H21FN2O4S. The van der Waals surface area contributed by atoms with E-state index >= 15 is 0 Å². The van der Waals surface area contributed by atoms with Crippen LogP contribution in [-0.2, 0) is 10.0 Å². The summed E-state index contributed by atoms with van der Waals surface area (Å²) in [7, 11) is -2.55. The highest BCUT2D eigenvalue weighted by Gasteiger charge is 2.20. The third kappa shape index (κ3) is 4.44. The normalized spacial score (nSPS) is 11.1. The molecule has 0 aliphatic rings. The van der Waals surface area contributed by atoms with E-state index in [0.29, 0.717) is 5.69 Å². The predicted octanol–water partition coefficient (Wildman–Crippen LogP) is 4.50. The van der Waals surface area contributed by atoms with Crippen molar-refractivity contribution in [3.63, 3.8) is 0 Å². The number of amides is 1. The Morgan fingerprint density at radius 1 is 0.967 bits per heavy atom. The Hall–Kier alpha value is -3.39.